The molecule has 0 radical (unpaired) electrons. The molecule has 0 aliphatic heterocycles. The van der Waals surface area contributed by atoms with Crippen molar-refractivity contribution >= 4 is 5.96 Å². The van der Waals surface area contributed by atoms with E-state index in [1.165, 1.54) is 43.2 Å². The molecule has 0 heterocycles. The van der Waals surface area contributed by atoms with Crippen molar-refractivity contribution in [2.24, 2.45) is 10.7 Å². The molecule has 0 spiro atoms. The molecule has 4 nitrogen and oxygen atoms in total. The zero-order valence-electron chi connectivity index (χ0n) is 14.7. The summed E-state index contributed by atoms with van der Waals surface area (Å²) in [5.74, 6) is 0.592. The Morgan fingerprint density at radius 1 is 1.13 bits per heavy atom. The van der Waals surface area contributed by atoms with Gasteiger partial charge in [0.1, 0.15) is 0 Å². The SMILES string of the molecule is CCN(CC)Cc1ccccc1CN=C(N)NC1CCCCC1. The van der Waals surface area contributed by atoms with E-state index in [-0.39, 0.29) is 0 Å². The third kappa shape index (κ3) is 5.87. The Kier molecular flexibility index (Phi) is 7.40. The van der Waals surface area contributed by atoms with Gasteiger partial charge >= 0.3 is 0 Å². The van der Waals surface area contributed by atoms with Crippen LogP contribution in [0.25, 0.3) is 0 Å². The van der Waals surface area contributed by atoms with Gasteiger partial charge in [0, 0.05) is 12.6 Å². The van der Waals surface area contributed by atoms with Gasteiger partial charge in [-0.1, -0.05) is 57.4 Å². The van der Waals surface area contributed by atoms with Crippen molar-refractivity contribution in [3.05, 3.63) is 35.4 Å². The number of aliphatic imine (C=N–C) groups is 1. The van der Waals surface area contributed by atoms with E-state index in [2.05, 4.69) is 53.3 Å². The molecule has 128 valence electrons. The van der Waals surface area contributed by atoms with Crippen molar-refractivity contribution in [1.29, 1.82) is 0 Å². The highest BCUT2D eigenvalue weighted by Gasteiger charge is 2.13. The first-order chi connectivity index (χ1) is 11.2. The second-order valence-corrected chi connectivity index (χ2v) is 6.41. The maximum absolute atomic E-state index is 6.08. The number of nitrogens with two attached hydrogens (primary N) is 1. The summed E-state index contributed by atoms with van der Waals surface area (Å²) < 4.78 is 0. The minimum Gasteiger partial charge on any atom is -0.370 e. The van der Waals surface area contributed by atoms with Crippen molar-refractivity contribution in [2.75, 3.05) is 13.1 Å². The fourth-order valence-corrected chi connectivity index (χ4v) is 3.23. The standard InChI is InChI=1S/C19H32N4/c1-3-23(4-2)15-17-11-9-8-10-16(17)14-21-19(20)22-18-12-6-5-7-13-18/h8-11,18H,3-7,12-15H2,1-2H3,(H3,20,21,22). The average molecular weight is 316 g/mol. The number of rotatable bonds is 7. The Hall–Kier alpha value is -1.55. The number of benzene rings is 1. The van der Waals surface area contributed by atoms with Gasteiger partial charge in [0.2, 0.25) is 0 Å². The highest BCUT2D eigenvalue weighted by atomic mass is 15.1. The molecule has 1 saturated carbocycles. The maximum atomic E-state index is 6.08. The third-order valence-corrected chi connectivity index (χ3v) is 4.78. The minimum absolute atomic E-state index is 0.512. The van der Waals surface area contributed by atoms with E-state index >= 15 is 0 Å². The monoisotopic (exact) mass is 316 g/mol. The van der Waals surface area contributed by atoms with Crippen LogP contribution < -0.4 is 11.1 Å². The Labute approximate surface area is 141 Å². The number of nitrogens with zero attached hydrogens (tertiary/aromatic N) is 2. The van der Waals surface area contributed by atoms with Gasteiger partial charge in [0.15, 0.2) is 5.96 Å². The molecule has 0 aromatic heterocycles. The second-order valence-electron chi connectivity index (χ2n) is 6.41. The Balaban J connectivity index is 1.94. The Bertz CT molecular complexity index is 488. The van der Waals surface area contributed by atoms with Crippen molar-refractivity contribution in [2.45, 2.75) is 65.1 Å². The van der Waals surface area contributed by atoms with Crippen molar-refractivity contribution in [1.82, 2.24) is 10.2 Å². The van der Waals surface area contributed by atoms with Gasteiger partial charge in [0.25, 0.3) is 0 Å². The molecule has 1 aliphatic rings. The van der Waals surface area contributed by atoms with E-state index in [0.29, 0.717) is 18.5 Å². The van der Waals surface area contributed by atoms with Gasteiger partial charge in [-0.3, -0.25) is 4.90 Å². The fraction of sp³-hybridized carbons (Fsp3) is 0.632. The average Bonchev–Trinajstić information content (AvgIpc) is 2.59. The van der Waals surface area contributed by atoms with Gasteiger partial charge in [-0.05, 0) is 37.1 Å². The molecule has 1 aromatic rings. The highest BCUT2D eigenvalue weighted by molar-refractivity contribution is 5.78. The molecule has 2 rings (SSSR count). The lowest BCUT2D eigenvalue weighted by Gasteiger charge is -2.23. The van der Waals surface area contributed by atoms with Crippen LogP contribution in [0.4, 0.5) is 0 Å². The summed E-state index contributed by atoms with van der Waals surface area (Å²) in [5.41, 5.74) is 8.71. The van der Waals surface area contributed by atoms with Crippen molar-refractivity contribution in [3.8, 4) is 0 Å². The van der Waals surface area contributed by atoms with Gasteiger partial charge < -0.3 is 11.1 Å². The predicted molar refractivity (Wildman–Crippen MR) is 98.4 cm³/mol. The Morgan fingerprint density at radius 2 is 1.78 bits per heavy atom. The summed E-state index contributed by atoms with van der Waals surface area (Å²) >= 11 is 0. The van der Waals surface area contributed by atoms with Crippen LogP contribution in [0.15, 0.2) is 29.3 Å². The first-order valence-corrected chi connectivity index (χ1v) is 9.08. The lowest BCUT2D eigenvalue weighted by molar-refractivity contribution is 0.295. The molecule has 3 N–H and O–H groups in total. The quantitative estimate of drug-likeness (QED) is 0.599. The first kappa shape index (κ1) is 17.8. The molecule has 1 fully saturated rings. The van der Waals surface area contributed by atoms with Crippen LogP contribution >= 0.6 is 0 Å². The molecule has 0 atom stereocenters. The van der Waals surface area contributed by atoms with Crippen LogP contribution in [0.2, 0.25) is 0 Å². The maximum Gasteiger partial charge on any atom is 0.189 e. The molecular formula is C19H32N4. The zero-order valence-corrected chi connectivity index (χ0v) is 14.7. The fourth-order valence-electron chi connectivity index (χ4n) is 3.23. The third-order valence-electron chi connectivity index (χ3n) is 4.78. The van der Waals surface area contributed by atoms with Crippen LogP contribution in [0.5, 0.6) is 0 Å². The largest absolute Gasteiger partial charge is 0.370 e. The van der Waals surface area contributed by atoms with Crippen LogP contribution in [0.1, 0.15) is 57.1 Å². The first-order valence-electron chi connectivity index (χ1n) is 9.08. The normalized spacial score (nSPS) is 16.7. The molecule has 0 saturated heterocycles. The van der Waals surface area contributed by atoms with Gasteiger partial charge in [-0.2, -0.15) is 0 Å². The van der Waals surface area contributed by atoms with Crippen LogP contribution in [-0.2, 0) is 13.1 Å². The summed E-state index contributed by atoms with van der Waals surface area (Å²) in [6.45, 7) is 8.18. The van der Waals surface area contributed by atoms with E-state index in [0.717, 1.165) is 19.6 Å². The molecule has 4 heteroatoms. The van der Waals surface area contributed by atoms with Gasteiger partial charge in [-0.15, -0.1) is 0 Å². The molecule has 0 unspecified atom stereocenters. The summed E-state index contributed by atoms with van der Waals surface area (Å²) in [4.78, 5) is 7.00. The minimum atomic E-state index is 0.512. The summed E-state index contributed by atoms with van der Waals surface area (Å²) in [5, 5.41) is 3.39. The predicted octanol–water partition coefficient (Wildman–Crippen LogP) is 3.27. The second kappa shape index (κ2) is 9.56. The lowest BCUT2D eigenvalue weighted by atomic mass is 9.96. The van der Waals surface area contributed by atoms with Gasteiger partial charge in [0.05, 0.1) is 6.54 Å². The van der Waals surface area contributed by atoms with E-state index in [9.17, 15) is 0 Å². The molecule has 0 bridgehead atoms. The van der Waals surface area contributed by atoms with Crippen LogP contribution in [0, 0.1) is 0 Å². The topological polar surface area (TPSA) is 53.6 Å². The van der Waals surface area contributed by atoms with Crippen molar-refractivity contribution in [3.63, 3.8) is 0 Å². The van der Waals surface area contributed by atoms with Crippen LogP contribution in [0.3, 0.4) is 0 Å². The number of guanidine groups is 1. The zero-order chi connectivity index (χ0) is 16.5. The Morgan fingerprint density at radius 3 is 2.43 bits per heavy atom. The molecule has 1 aliphatic carbocycles. The molecule has 23 heavy (non-hydrogen) atoms. The lowest BCUT2D eigenvalue weighted by Crippen LogP contribution is -2.41. The molecule has 0 amide bonds. The summed E-state index contributed by atoms with van der Waals surface area (Å²) in [7, 11) is 0. The summed E-state index contributed by atoms with van der Waals surface area (Å²) in [6.07, 6.45) is 6.40. The van der Waals surface area contributed by atoms with E-state index < -0.39 is 0 Å². The van der Waals surface area contributed by atoms with Crippen LogP contribution in [-0.4, -0.2) is 30.0 Å². The number of hydrogen-bond donors (Lipinski definition) is 2. The number of hydrogen-bond acceptors (Lipinski definition) is 2. The smallest absolute Gasteiger partial charge is 0.189 e. The van der Waals surface area contributed by atoms with E-state index in [1.54, 1.807) is 0 Å². The van der Waals surface area contributed by atoms with E-state index in [4.69, 9.17) is 5.73 Å². The van der Waals surface area contributed by atoms with Gasteiger partial charge in [-0.25, -0.2) is 4.99 Å². The summed E-state index contributed by atoms with van der Waals surface area (Å²) in [6, 6.07) is 9.07. The van der Waals surface area contributed by atoms with E-state index in [1.807, 2.05) is 0 Å². The number of nitrogens with one attached hydrogen (secondary N) is 1. The van der Waals surface area contributed by atoms with Crippen molar-refractivity contribution < 1.29 is 0 Å². The molecular weight excluding hydrogens is 284 g/mol. The highest BCUT2D eigenvalue weighted by Crippen LogP contribution is 2.17. The molecule has 1 aromatic carbocycles.